The van der Waals surface area contributed by atoms with E-state index in [1.807, 2.05) is 36.4 Å². The van der Waals surface area contributed by atoms with Gasteiger partial charge >= 0.3 is 12.1 Å². The van der Waals surface area contributed by atoms with Crippen molar-refractivity contribution in [2.45, 2.75) is 50.1 Å². The van der Waals surface area contributed by atoms with Crippen molar-refractivity contribution in [1.29, 1.82) is 0 Å². The number of hydrogen-bond acceptors (Lipinski definition) is 5. The lowest BCUT2D eigenvalue weighted by Crippen LogP contribution is -2.62. The molecule has 0 bridgehead atoms. The highest BCUT2D eigenvalue weighted by Gasteiger charge is 2.50. The van der Waals surface area contributed by atoms with E-state index in [9.17, 15) is 19.5 Å². The second-order valence-electron chi connectivity index (χ2n) is 9.98. The Morgan fingerprint density at radius 3 is 2.31 bits per heavy atom. The van der Waals surface area contributed by atoms with Gasteiger partial charge in [0.15, 0.2) is 0 Å². The molecule has 0 radical (unpaired) electrons. The van der Waals surface area contributed by atoms with Gasteiger partial charge in [0.25, 0.3) is 0 Å². The molecule has 35 heavy (non-hydrogen) atoms. The average molecular weight is 479 g/mol. The molecule has 1 aliphatic heterocycles. The van der Waals surface area contributed by atoms with E-state index in [0.717, 1.165) is 28.7 Å². The Labute approximate surface area is 204 Å². The van der Waals surface area contributed by atoms with Gasteiger partial charge in [-0.1, -0.05) is 55.0 Å². The number of ether oxygens (including phenoxy) is 2. The summed E-state index contributed by atoms with van der Waals surface area (Å²) >= 11 is 0. The zero-order valence-electron chi connectivity index (χ0n) is 19.7. The van der Waals surface area contributed by atoms with Gasteiger partial charge in [-0.3, -0.25) is 9.59 Å². The first-order chi connectivity index (χ1) is 16.8. The lowest BCUT2D eigenvalue weighted by molar-refractivity contribution is -0.149. The predicted octanol–water partition coefficient (Wildman–Crippen LogP) is 3.44. The molecule has 3 unspecified atom stereocenters. The summed E-state index contributed by atoms with van der Waals surface area (Å²) in [4.78, 5) is 38.0. The van der Waals surface area contributed by atoms with E-state index in [0.29, 0.717) is 25.9 Å². The number of carboxylic acid groups (broad SMARTS) is 1. The van der Waals surface area contributed by atoms with E-state index in [2.05, 4.69) is 22.8 Å². The number of amides is 2. The maximum absolute atomic E-state index is 13.3. The molecule has 0 aromatic heterocycles. The van der Waals surface area contributed by atoms with E-state index in [1.54, 1.807) is 6.92 Å². The van der Waals surface area contributed by atoms with Crippen molar-refractivity contribution >= 4 is 18.0 Å². The summed E-state index contributed by atoms with van der Waals surface area (Å²) in [5, 5.41) is 15.3. The molecule has 1 heterocycles. The molecule has 2 aromatic rings. The zero-order valence-corrected chi connectivity index (χ0v) is 19.7. The Bertz CT molecular complexity index is 1110. The van der Waals surface area contributed by atoms with Gasteiger partial charge in [-0.2, -0.15) is 0 Å². The summed E-state index contributed by atoms with van der Waals surface area (Å²) in [6.45, 7) is 2.12. The van der Waals surface area contributed by atoms with Gasteiger partial charge in [0.1, 0.15) is 12.1 Å². The minimum Gasteiger partial charge on any atom is -0.481 e. The number of aliphatic carboxylic acids is 1. The highest BCUT2D eigenvalue weighted by Crippen LogP contribution is 2.44. The van der Waals surface area contributed by atoms with Crippen molar-refractivity contribution in [3.05, 3.63) is 59.7 Å². The second kappa shape index (κ2) is 9.00. The van der Waals surface area contributed by atoms with Gasteiger partial charge < -0.3 is 25.2 Å². The van der Waals surface area contributed by atoms with Crippen LogP contribution < -0.4 is 10.6 Å². The first kappa shape index (κ1) is 23.4. The summed E-state index contributed by atoms with van der Waals surface area (Å²) in [6.07, 6.45) is 1.39. The molecule has 2 fully saturated rings. The standard InChI is InChI=1S/C27H30N2O6/c1-26(24(31)32)12-6-11-22(26)28-23(30)27(13-14-34-16-27)29-25(33)35-15-21-19-9-4-2-7-17(19)18-8-3-5-10-20(18)21/h2-5,7-10,21-22H,6,11-16H2,1H3,(H,28,30)(H,29,33)(H,31,32). The molecule has 1 saturated carbocycles. The van der Waals surface area contributed by atoms with Gasteiger partial charge in [-0.15, -0.1) is 0 Å². The smallest absolute Gasteiger partial charge is 0.408 e. The van der Waals surface area contributed by atoms with Crippen LogP contribution in [0.2, 0.25) is 0 Å². The molecule has 5 rings (SSSR count). The first-order valence-electron chi connectivity index (χ1n) is 12.1. The molecule has 8 heteroatoms. The first-order valence-corrected chi connectivity index (χ1v) is 12.1. The van der Waals surface area contributed by atoms with Gasteiger partial charge in [0.05, 0.1) is 12.0 Å². The number of carbonyl (C=O) groups is 3. The monoisotopic (exact) mass is 478 g/mol. The normalized spacial score (nSPS) is 27.2. The Kier molecular flexibility index (Phi) is 6.01. The van der Waals surface area contributed by atoms with Crippen LogP contribution in [0.3, 0.4) is 0 Å². The van der Waals surface area contributed by atoms with Crippen LogP contribution in [0.25, 0.3) is 11.1 Å². The third-order valence-corrected chi connectivity index (χ3v) is 7.89. The number of alkyl carbamates (subject to hydrolysis) is 1. The maximum Gasteiger partial charge on any atom is 0.408 e. The van der Waals surface area contributed by atoms with Crippen LogP contribution in [0.15, 0.2) is 48.5 Å². The SMILES string of the molecule is CC1(C(=O)O)CCCC1NC(=O)C1(NC(=O)OCC2c3ccccc3-c3ccccc32)CCOC1. The van der Waals surface area contributed by atoms with E-state index in [1.165, 1.54) is 0 Å². The van der Waals surface area contributed by atoms with Crippen LogP contribution in [0.5, 0.6) is 0 Å². The number of benzene rings is 2. The maximum atomic E-state index is 13.3. The molecule has 2 aliphatic carbocycles. The van der Waals surface area contributed by atoms with E-state index >= 15 is 0 Å². The Morgan fingerprint density at radius 1 is 1.06 bits per heavy atom. The number of carbonyl (C=O) groups excluding carboxylic acids is 2. The van der Waals surface area contributed by atoms with Gasteiger partial charge in [0, 0.05) is 25.0 Å². The Hall–Kier alpha value is -3.39. The molecule has 8 nitrogen and oxygen atoms in total. The van der Waals surface area contributed by atoms with Crippen LogP contribution in [0.4, 0.5) is 4.79 Å². The Morgan fingerprint density at radius 2 is 1.71 bits per heavy atom. The third kappa shape index (κ3) is 4.05. The minimum absolute atomic E-state index is 0.0134. The molecular weight excluding hydrogens is 448 g/mol. The topological polar surface area (TPSA) is 114 Å². The third-order valence-electron chi connectivity index (χ3n) is 7.89. The molecular formula is C27H30N2O6. The van der Waals surface area contributed by atoms with Crippen molar-refractivity contribution < 1.29 is 29.0 Å². The lowest BCUT2D eigenvalue weighted by atomic mass is 9.84. The number of carboxylic acids is 1. The summed E-state index contributed by atoms with van der Waals surface area (Å²) < 4.78 is 11.1. The fraction of sp³-hybridized carbons (Fsp3) is 0.444. The quantitative estimate of drug-likeness (QED) is 0.586. The van der Waals surface area contributed by atoms with E-state index < -0.39 is 35.0 Å². The number of nitrogens with one attached hydrogen (secondary N) is 2. The van der Waals surface area contributed by atoms with Crippen molar-refractivity contribution in [2.75, 3.05) is 19.8 Å². The second-order valence-corrected chi connectivity index (χ2v) is 9.98. The fourth-order valence-corrected chi connectivity index (χ4v) is 5.68. The number of hydrogen-bond donors (Lipinski definition) is 3. The van der Waals surface area contributed by atoms with Crippen LogP contribution in [0.1, 0.15) is 49.7 Å². The van der Waals surface area contributed by atoms with Gasteiger partial charge in [-0.25, -0.2) is 4.79 Å². The average Bonchev–Trinajstić information content (AvgIpc) is 3.55. The lowest BCUT2D eigenvalue weighted by Gasteiger charge is -2.33. The van der Waals surface area contributed by atoms with Crippen LogP contribution in [-0.4, -0.2) is 54.5 Å². The fourth-order valence-electron chi connectivity index (χ4n) is 5.68. The molecule has 3 N–H and O–H groups in total. The molecule has 0 spiro atoms. The molecule has 2 amide bonds. The summed E-state index contributed by atoms with van der Waals surface area (Å²) in [5.74, 6) is -1.45. The van der Waals surface area contributed by atoms with E-state index in [-0.39, 0.29) is 19.1 Å². The van der Waals surface area contributed by atoms with Crippen LogP contribution in [-0.2, 0) is 19.1 Å². The van der Waals surface area contributed by atoms with Gasteiger partial charge in [-0.05, 0) is 42.0 Å². The van der Waals surface area contributed by atoms with Crippen molar-refractivity contribution in [2.24, 2.45) is 5.41 Å². The van der Waals surface area contributed by atoms with Crippen molar-refractivity contribution in [3.8, 4) is 11.1 Å². The van der Waals surface area contributed by atoms with Gasteiger partial charge in [0.2, 0.25) is 5.91 Å². The van der Waals surface area contributed by atoms with Crippen molar-refractivity contribution in [3.63, 3.8) is 0 Å². The molecule has 3 aliphatic rings. The summed E-state index contributed by atoms with van der Waals surface area (Å²) in [5.41, 5.74) is 2.16. The molecule has 2 aromatic carbocycles. The van der Waals surface area contributed by atoms with Crippen LogP contribution in [0, 0.1) is 5.41 Å². The van der Waals surface area contributed by atoms with E-state index in [4.69, 9.17) is 9.47 Å². The summed E-state index contributed by atoms with van der Waals surface area (Å²) in [6, 6.07) is 15.6. The largest absolute Gasteiger partial charge is 0.481 e. The number of rotatable bonds is 6. The number of fused-ring (bicyclic) bond motifs is 3. The molecule has 3 atom stereocenters. The highest BCUT2D eigenvalue weighted by molar-refractivity contribution is 5.91. The van der Waals surface area contributed by atoms with Crippen LogP contribution >= 0.6 is 0 Å². The molecule has 1 saturated heterocycles. The Balaban J connectivity index is 1.27. The minimum atomic E-state index is -1.29. The summed E-state index contributed by atoms with van der Waals surface area (Å²) in [7, 11) is 0. The van der Waals surface area contributed by atoms with Crippen molar-refractivity contribution in [1.82, 2.24) is 10.6 Å². The predicted molar refractivity (Wildman–Crippen MR) is 128 cm³/mol. The molecule has 184 valence electrons. The zero-order chi connectivity index (χ0) is 24.6. The highest BCUT2D eigenvalue weighted by atomic mass is 16.6.